The smallest absolute Gasteiger partial charge is 0.423 e. The molecule has 0 saturated carbocycles. The van der Waals surface area contributed by atoms with Crippen molar-refractivity contribution in [2.45, 2.75) is 6.92 Å². The third-order valence-electron chi connectivity index (χ3n) is 3.81. The Bertz CT molecular complexity index is 916. The monoisotopic (exact) mass is 394 g/mol. The number of hydrogen-bond acceptors (Lipinski definition) is 5. The SMILES string of the molecule is COC(=O)N(C(=O)OC)c1c(C)c(Cl)cc(C(N)=O)c1-c1cccc(F)c1. The molecule has 3 amide bonds. The molecule has 0 unspecified atom stereocenters. The third-order valence-corrected chi connectivity index (χ3v) is 4.20. The molecule has 2 rings (SSSR count). The highest BCUT2D eigenvalue weighted by Gasteiger charge is 2.32. The van der Waals surface area contributed by atoms with E-state index in [1.54, 1.807) is 0 Å². The summed E-state index contributed by atoms with van der Waals surface area (Å²) in [6.07, 6.45) is -2.17. The van der Waals surface area contributed by atoms with Crippen LogP contribution in [0.1, 0.15) is 15.9 Å². The summed E-state index contributed by atoms with van der Waals surface area (Å²) in [6, 6.07) is 6.52. The number of ether oxygens (including phenoxy) is 2. The van der Waals surface area contributed by atoms with Crippen molar-refractivity contribution in [3.8, 4) is 11.1 Å². The van der Waals surface area contributed by atoms with E-state index in [0.29, 0.717) is 4.90 Å². The van der Waals surface area contributed by atoms with Crippen LogP contribution < -0.4 is 10.6 Å². The van der Waals surface area contributed by atoms with Crippen LogP contribution in [-0.2, 0) is 9.47 Å². The Morgan fingerprint density at radius 2 is 1.70 bits per heavy atom. The van der Waals surface area contributed by atoms with E-state index in [-0.39, 0.29) is 33.0 Å². The fraction of sp³-hybridized carbons (Fsp3) is 0.167. The van der Waals surface area contributed by atoms with Crippen molar-refractivity contribution in [2.75, 3.05) is 19.1 Å². The van der Waals surface area contributed by atoms with Crippen LogP contribution in [0.15, 0.2) is 30.3 Å². The topological polar surface area (TPSA) is 98.9 Å². The largest absolute Gasteiger partial charge is 0.452 e. The molecule has 0 aromatic heterocycles. The number of benzene rings is 2. The van der Waals surface area contributed by atoms with Crippen LogP contribution >= 0.6 is 11.6 Å². The Kier molecular flexibility index (Phi) is 6.02. The molecule has 0 heterocycles. The van der Waals surface area contributed by atoms with Crippen molar-refractivity contribution in [3.63, 3.8) is 0 Å². The summed E-state index contributed by atoms with van der Waals surface area (Å²) < 4.78 is 23.1. The number of hydrogen-bond donors (Lipinski definition) is 1. The zero-order valence-electron chi connectivity index (χ0n) is 14.7. The van der Waals surface area contributed by atoms with E-state index in [9.17, 15) is 18.8 Å². The van der Waals surface area contributed by atoms with E-state index in [2.05, 4.69) is 9.47 Å². The normalized spacial score (nSPS) is 10.3. The molecule has 142 valence electrons. The molecule has 0 fully saturated rings. The van der Waals surface area contributed by atoms with Crippen LogP contribution in [0.3, 0.4) is 0 Å². The van der Waals surface area contributed by atoms with Gasteiger partial charge in [-0.25, -0.2) is 14.0 Å². The predicted molar refractivity (Wildman–Crippen MR) is 97.4 cm³/mol. The summed E-state index contributed by atoms with van der Waals surface area (Å²) in [5.74, 6) is -1.48. The predicted octanol–water partition coefficient (Wildman–Crippen LogP) is 3.89. The van der Waals surface area contributed by atoms with Gasteiger partial charge in [-0.1, -0.05) is 23.7 Å². The summed E-state index contributed by atoms with van der Waals surface area (Å²) in [7, 11) is 2.13. The molecule has 0 radical (unpaired) electrons. The number of methoxy groups -OCH3 is 2. The fourth-order valence-corrected chi connectivity index (χ4v) is 2.78. The van der Waals surface area contributed by atoms with Gasteiger partial charge >= 0.3 is 12.2 Å². The number of rotatable bonds is 3. The lowest BCUT2D eigenvalue weighted by molar-refractivity contribution is 0.100. The molecule has 0 saturated heterocycles. The molecule has 0 bridgehead atoms. The zero-order chi connectivity index (χ0) is 20.3. The average molecular weight is 395 g/mol. The lowest BCUT2D eigenvalue weighted by atomic mass is 9.93. The number of anilines is 1. The Morgan fingerprint density at radius 1 is 1.11 bits per heavy atom. The minimum absolute atomic E-state index is 0.0414. The first kappa shape index (κ1) is 20.2. The highest BCUT2D eigenvalue weighted by Crippen LogP contribution is 2.41. The number of carbonyl (C=O) groups is 3. The molecule has 0 aliphatic heterocycles. The van der Waals surface area contributed by atoms with E-state index in [1.165, 1.54) is 31.2 Å². The summed E-state index contributed by atoms with van der Waals surface area (Å²) in [4.78, 5) is 37.1. The van der Waals surface area contributed by atoms with Crippen LogP contribution in [0.5, 0.6) is 0 Å². The van der Waals surface area contributed by atoms with Gasteiger partial charge < -0.3 is 15.2 Å². The number of halogens is 2. The number of imide groups is 1. The second kappa shape index (κ2) is 8.05. The van der Waals surface area contributed by atoms with Gasteiger partial charge in [-0.2, -0.15) is 4.90 Å². The van der Waals surface area contributed by atoms with E-state index < -0.39 is 23.9 Å². The molecule has 7 nitrogen and oxygen atoms in total. The van der Waals surface area contributed by atoms with Crippen LogP contribution in [0.4, 0.5) is 19.7 Å². The Morgan fingerprint density at radius 3 is 2.19 bits per heavy atom. The maximum absolute atomic E-state index is 13.8. The molecular formula is C18H16ClFN2O5. The quantitative estimate of drug-likeness (QED) is 0.851. The first-order valence-corrected chi connectivity index (χ1v) is 7.95. The number of nitrogens with two attached hydrogens (primary N) is 1. The summed E-state index contributed by atoms with van der Waals surface area (Å²) in [5, 5.41) is 0.0664. The zero-order valence-corrected chi connectivity index (χ0v) is 15.5. The van der Waals surface area contributed by atoms with Gasteiger partial charge in [-0.15, -0.1) is 0 Å². The van der Waals surface area contributed by atoms with Gasteiger partial charge in [0.2, 0.25) is 5.91 Å². The minimum Gasteiger partial charge on any atom is -0.452 e. The van der Waals surface area contributed by atoms with E-state index in [4.69, 9.17) is 17.3 Å². The van der Waals surface area contributed by atoms with Gasteiger partial charge in [0.05, 0.1) is 25.5 Å². The molecule has 0 atom stereocenters. The molecule has 9 heteroatoms. The van der Waals surface area contributed by atoms with Crippen LogP contribution in [0, 0.1) is 12.7 Å². The number of carbonyl (C=O) groups excluding carboxylic acids is 3. The van der Waals surface area contributed by atoms with Gasteiger partial charge in [0.25, 0.3) is 0 Å². The van der Waals surface area contributed by atoms with Crippen molar-refractivity contribution in [1.82, 2.24) is 0 Å². The van der Waals surface area contributed by atoms with Crippen LogP contribution in [-0.4, -0.2) is 32.3 Å². The third kappa shape index (κ3) is 3.85. The van der Waals surface area contributed by atoms with Gasteiger partial charge in [0.15, 0.2) is 0 Å². The van der Waals surface area contributed by atoms with Gasteiger partial charge in [0.1, 0.15) is 5.82 Å². The summed E-state index contributed by atoms with van der Waals surface area (Å²) in [6.45, 7) is 1.52. The van der Waals surface area contributed by atoms with Crippen LogP contribution in [0.25, 0.3) is 11.1 Å². The molecule has 27 heavy (non-hydrogen) atoms. The Balaban J connectivity index is 2.99. The highest BCUT2D eigenvalue weighted by molar-refractivity contribution is 6.33. The molecule has 0 aliphatic carbocycles. The average Bonchev–Trinajstić information content (AvgIpc) is 2.64. The van der Waals surface area contributed by atoms with Crippen molar-refractivity contribution in [3.05, 3.63) is 52.3 Å². The van der Waals surface area contributed by atoms with E-state index >= 15 is 0 Å². The lowest BCUT2D eigenvalue weighted by Gasteiger charge is -2.25. The standard InChI is InChI=1S/C18H16ClFN2O5/c1-9-13(19)8-12(16(21)23)14(10-5-4-6-11(20)7-10)15(9)22(17(24)26-2)18(25)27-3/h4-8H,1-3H3,(H2,21,23). The lowest BCUT2D eigenvalue weighted by Crippen LogP contribution is -2.38. The summed E-state index contributed by atoms with van der Waals surface area (Å²) >= 11 is 6.18. The van der Waals surface area contributed by atoms with Crippen molar-refractivity contribution in [2.24, 2.45) is 5.73 Å². The molecule has 0 spiro atoms. The molecule has 2 aromatic rings. The van der Waals surface area contributed by atoms with Gasteiger partial charge in [-0.3, -0.25) is 4.79 Å². The van der Waals surface area contributed by atoms with E-state index in [0.717, 1.165) is 20.3 Å². The molecule has 0 aliphatic rings. The maximum Gasteiger partial charge on any atom is 0.423 e. The fourth-order valence-electron chi connectivity index (χ4n) is 2.59. The first-order valence-electron chi connectivity index (χ1n) is 7.57. The Labute approximate surface area is 159 Å². The molecular weight excluding hydrogens is 379 g/mol. The number of primary amides is 1. The van der Waals surface area contributed by atoms with Gasteiger partial charge in [-0.05, 0) is 36.2 Å². The summed E-state index contributed by atoms with van der Waals surface area (Å²) in [5.41, 5.74) is 5.76. The van der Waals surface area contributed by atoms with Crippen molar-refractivity contribution >= 4 is 35.4 Å². The first-order chi connectivity index (χ1) is 12.7. The maximum atomic E-state index is 13.8. The second-order valence-electron chi connectivity index (χ2n) is 5.40. The van der Waals surface area contributed by atoms with Crippen molar-refractivity contribution in [1.29, 1.82) is 0 Å². The second-order valence-corrected chi connectivity index (χ2v) is 5.81. The van der Waals surface area contributed by atoms with Crippen molar-refractivity contribution < 1.29 is 28.2 Å². The van der Waals surface area contributed by atoms with Gasteiger partial charge in [0, 0.05) is 10.6 Å². The number of amides is 3. The molecule has 2 N–H and O–H groups in total. The minimum atomic E-state index is -1.08. The highest BCUT2D eigenvalue weighted by atomic mass is 35.5. The Hall–Kier alpha value is -3.13. The van der Waals surface area contributed by atoms with E-state index in [1.807, 2.05) is 0 Å². The molecule has 2 aromatic carbocycles. The number of nitrogens with zero attached hydrogens (tertiary/aromatic N) is 1. The van der Waals surface area contributed by atoms with Crippen LogP contribution in [0.2, 0.25) is 5.02 Å².